The summed E-state index contributed by atoms with van der Waals surface area (Å²) in [6.45, 7) is 0. The van der Waals surface area contributed by atoms with Crippen molar-refractivity contribution in [3.05, 3.63) is 0 Å². The molecule has 0 bridgehead atoms. The van der Waals surface area contributed by atoms with Crippen LogP contribution in [0.2, 0.25) is 0 Å². The molecule has 0 aliphatic heterocycles. The lowest BCUT2D eigenvalue weighted by Gasteiger charge is -1.97. The fraction of sp³-hybridized carbons (Fsp3) is 1.00. The molecule has 0 aromatic carbocycles. The highest BCUT2D eigenvalue weighted by atomic mass is 32.8. The Morgan fingerprint density at radius 3 is 1.88 bits per heavy atom. The highest BCUT2D eigenvalue weighted by Crippen LogP contribution is 2.02. The Hall–Kier alpha value is 1.27. The molecule has 0 saturated heterocycles. The Morgan fingerprint density at radius 1 is 1.25 bits per heavy atom. The number of hydrogen-bond donors (Lipinski definition) is 0. The summed E-state index contributed by atoms with van der Waals surface area (Å²) >= 11 is 8.81. The monoisotopic (exact) mass is 186 g/mol. The lowest BCUT2D eigenvalue weighted by atomic mass is 11.8. The molecule has 50 valence electrons. The summed E-state index contributed by atoms with van der Waals surface area (Å²) in [6, 6.07) is 0. The SMILES string of the molecule is CSCS(=S)CSC. The summed E-state index contributed by atoms with van der Waals surface area (Å²) in [7, 11) is 0.239. The van der Waals surface area contributed by atoms with Gasteiger partial charge in [-0.25, -0.2) is 0 Å². The maximum absolute atomic E-state index is 5.12. The zero-order valence-corrected chi connectivity index (χ0v) is 8.31. The summed E-state index contributed by atoms with van der Waals surface area (Å²) in [5.74, 6) is 0. The molecule has 0 aromatic rings. The molecule has 0 heterocycles. The van der Waals surface area contributed by atoms with Crippen LogP contribution in [0.4, 0.5) is 0 Å². The molecule has 0 N–H and O–H groups in total. The third-order valence-electron chi connectivity index (χ3n) is 0.499. The van der Waals surface area contributed by atoms with E-state index in [4.69, 9.17) is 11.2 Å². The second-order valence-electron chi connectivity index (χ2n) is 1.25. The summed E-state index contributed by atoms with van der Waals surface area (Å²) in [6.07, 6.45) is 4.21. The second-order valence-corrected chi connectivity index (χ2v) is 6.59. The molecule has 0 fully saturated rings. The third kappa shape index (κ3) is 5.41. The van der Waals surface area contributed by atoms with E-state index in [2.05, 4.69) is 12.5 Å². The molecule has 0 saturated carbocycles. The summed E-state index contributed by atoms with van der Waals surface area (Å²) in [4.78, 5) is 0. The molecular weight excluding hydrogens is 176 g/mol. The minimum absolute atomic E-state index is 0.239. The topological polar surface area (TPSA) is 0 Å². The quantitative estimate of drug-likeness (QED) is 0.656. The Bertz CT molecular complexity index is 62.4. The zero-order chi connectivity index (χ0) is 6.41. The standard InChI is InChI=1S/C4H10S4/c1-6-3-8(5)4-7-2/h3-4H2,1-2H3. The molecular formula is C4H10S4. The highest BCUT2D eigenvalue weighted by Gasteiger charge is 1.88. The predicted octanol–water partition coefficient (Wildman–Crippen LogP) is 1.71. The van der Waals surface area contributed by atoms with Crippen molar-refractivity contribution in [2.24, 2.45) is 0 Å². The lowest BCUT2D eigenvalue weighted by Crippen LogP contribution is -1.92. The molecule has 0 aliphatic rings. The van der Waals surface area contributed by atoms with Crippen molar-refractivity contribution in [2.75, 3.05) is 22.7 Å². The normalized spacial score (nSPS) is 10.4. The van der Waals surface area contributed by atoms with Gasteiger partial charge < -0.3 is 0 Å². The van der Waals surface area contributed by atoms with Gasteiger partial charge in [-0.2, -0.15) is 23.5 Å². The molecule has 0 amide bonds. The van der Waals surface area contributed by atoms with E-state index in [1.807, 2.05) is 23.5 Å². The zero-order valence-electron chi connectivity index (χ0n) is 5.05. The van der Waals surface area contributed by atoms with Crippen LogP contribution in [-0.2, 0) is 20.6 Å². The van der Waals surface area contributed by atoms with Gasteiger partial charge in [0.2, 0.25) is 0 Å². The van der Waals surface area contributed by atoms with Gasteiger partial charge in [-0.1, -0.05) is 11.2 Å². The first-order valence-corrected chi connectivity index (χ1v) is 7.41. The van der Waals surface area contributed by atoms with E-state index in [9.17, 15) is 0 Å². The first kappa shape index (κ1) is 9.27. The van der Waals surface area contributed by atoms with E-state index in [1.54, 1.807) is 0 Å². The molecule has 0 unspecified atom stereocenters. The Morgan fingerprint density at radius 2 is 1.62 bits per heavy atom. The van der Waals surface area contributed by atoms with Gasteiger partial charge >= 0.3 is 0 Å². The average molecular weight is 186 g/mol. The van der Waals surface area contributed by atoms with Crippen LogP contribution in [0.3, 0.4) is 0 Å². The molecule has 0 rings (SSSR count). The van der Waals surface area contributed by atoms with Crippen LogP contribution in [-0.4, -0.2) is 22.7 Å². The smallest absolute Gasteiger partial charge is 0.0443 e. The van der Waals surface area contributed by atoms with E-state index < -0.39 is 0 Å². The van der Waals surface area contributed by atoms with Crippen LogP contribution in [0.5, 0.6) is 0 Å². The first-order valence-electron chi connectivity index (χ1n) is 2.14. The summed E-state index contributed by atoms with van der Waals surface area (Å²) in [5, 5.41) is 2.30. The number of rotatable bonds is 4. The van der Waals surface area contributed by atoms with E-state index in [0.29, 0.717) is 0 Å². The van der Waals surface area contributed by atoms with Gasteiger partial charge in [0.15, 0.2) is 0 Å². The summed E-state index contributed by atoms with van der Waals surface area (Å²) < 4.78 is 0. The van der Waals surface area contributed by atoms with Crippen LogP contribution < -0.4 is 0 Å². The van der Waals surface area contributed by atoms with Gasteiger partial charge in [0, 0.05) is 10.2 Å². The van der Waals surface area contributed by atoms with E-state index in [-0.39, 0.29) is 9.45 Å². The number of hydrogen-bond acceptors (Lipinski definition) is 3. The predicted molar refractivity (Wildman–Crippen MR) is 51.5 cm³/mol. The summed E-state index contributed by atoms with van der Waals surface area (Å²) in [5.41, 5.74) is 0. The Labute approximate surface area is 66.8 Å². The van der Waals surface area contributed by atoms with E-state index >= 15 is 0 Å². The maximum atomic E-state index is 5.12. The van der Waals surface area contributed by atoms with Gasteiger partial charge in [0.25, 0.3) is 0 Å². The Kier molecular flexibility index (Phi) is 7.41. The fourth-order valence-electron chi connectivity index (χ4n) is 0.297. The van der Waals surface area contributed by atoms with Crippen molar-refractivity contribution in [3.8, 4) is 0 Å². The molecule has 0 aromatic heterocycles. The van der Waals surface area contributed by atoms with Crippen molar-refractivity contribution < 1.29 is 0 Å². The largest absolute Gasteiger partial charge is 0.154 e. The third-order valence-corrected chi connectivity index (χ3v) is 6.22. The minimum atomic E-state index is 0.239. The molecule has 8 heavy (non-hydrogen) atoms. The van der Waals surface area contributed by atoms with Crippen molar-refractivity contribution in [2.45, 2.75) is 0 Å². The van der Waals surface area contributed by atoms with Gasteiger partial charge in [-0.3, -0.25) is 0 Å². The fourth-order valence-corrected chi connectivity index (χ4v) is 5.02. The number of thioether (sulfide) groups is 2. The van der Waals surface area contributed by atoms with Crippen LogP contribution in [0, 0.1) is 0 Å². The molecule has 0 radical (unpaired) electrons. The lowest BCUT2D eigenvalue weighted by molar-refractivity contribution is 2.11. The average Bonchev–Trinajstić information content (AvgIpc) is 1.68. The van der Waals surface area contributed by atoms with Crippen LogP contribution >= 0.6 is 23.5 Å². The van der Waals surface area contributed by atoms with Crippen LogP contribution in [0.1, 0.15) is 0 Å². The second kappa shape index (κ2) is 6.39. The molecule has 0 spiro atoms. The van der Waals surface area contributed by atoms with Crippen molar-refractivity contribution in [3.63, 3.8) is 0 Å². The Balaban J connectivity index is 3.06. The van der Waals surface area contributed by atoms with Crippen LogP contribution in [0.25, 0.3) is 0 Å². The van der Waals surface area contributed by atoms with Gasteiger partial charge in [0.1, 0.15) is 0 Å². The maximum Gasteiger partial charge on any atom is 0.0443 e. The van der Waals surface area contributed by atoms with E-state index in [1.165, 1.54) is 0 Å². The first-order chi connectivity index (χ1) is 3.81. The molecule has 4 heteroatoms. The van der Waals surface area contributed by atoms with Crippen molar-refractivity contribution in [1.82, 2.24) is 0 Å². The molecule has 0 atom stereocenters. The molecule has 0 nitrogen and oxygen atoms in total. The highest BCUT2D eigenvalue weighted by molar-refractivity contribution is 8.37. The van der Waals surface area contributed by atoms with Crippen molar-refractivity contribution in [1.29, 1.82) is 0 Å². The van der Waals surface area contributed by atoms with Gasteiger partial charge in [-0.15, -0.1) is 9.45 Å². The van der Waals surface area contributed by atoms with Crippen molar-refractivity contribution >= 4 is 44.2 Å². The van der Waals surface area contributed by atoms with Crippen LogP contribution in [0.15, 0.2) is 0 Å². The van der Waals surface area contributed by atoms with Gasteiger partial charge in [0.05, 0.1) is 0 Å². The molecule has 0 aliphatic carbocycles. The van der Waals surface area contributed by atoms with E-state index in [0.717, 1.165) is 10.2 Å². The van der Waals surface area contributed by atoms with Gasteiger partial charge in [-0.05, 0) is 12.5 Å². The minimum Gasteiger partial charge on any atom is -0.154 e.